The van der Waals surface area contributed by atoms with Gasteiger partial charge in [0.1, 0.15) is 12.7 Å². The number of carbonyl (C=O) groups excluding carboxylic acids is 1. The molecular weight excluding hydrogens is 312 g/mol. The van der Waals surface area contributed by atoms with Crippen LogP contribution >= 0.6 is 0 Å². The minimum atomic E-state index is -0.249. The Hall–Kier alpha value is -2.17. The van der Waals surface area contributed by atoms with Gasteiger partial charge in [-0.25, -0.2) is 9.67 Å². The van der Waals surface area contributed by atoms with Crippen molar-refractivity contribution in [3.8, 4) is 0 Å². The van der Waals surface area contributed by atoms with Gasteiger partial charge in [0.2, 0.25) is 5.91 Å². The molecule has 4 fully saturated rings. The van der Waals surface area contributed by atoms with Crippen LogP contribution < -0.4 is 5.32 Å². The Morgan fingerprint density at radius 1 is 1.16 bits per heavy atom. The third-order valence-electron chi connectivity index (χ3n) is 6.73. The van der Waals surface area contributed by atoms with Crippen molar-refractivity contribution >= 4 is 11.6 Å². The summed E-state index contributed by atoms with van der Waals surface area (Å²) in [5.74, 6) is 1.47. The zero-order valence-corrected chi connectivity index (χ0v) is 14.6. The van der Waals surface area contributed by atoms with E-state index in [1.165, 1.54) is 12.0 Å². The van der Waals surface area contributed by atoms with E-state index < -0.39 is 0 Å². The van der Waals surface area contributed by atoms with Gasteiger partial charge in [0.05, 0.1) is 11.0 Å². The second-order valence-electron chi connectivity index (χ2n) is 8.63. The lowest BCUT2D eigenvalue weighted by molar-refractivity contribution is -0.150. The highest BCUT2D eigenvalue weighted by Gasteiger charge is 2.61. The fourth-order valence-corrected chi connectivity index (χ4v) is 6.10. The van der Waals surface area contributed by atoms with Crippen molar-refractivity contribution in [3.05, 3.63) is 42.5 Å². The molecule has 4 saturated carbocycles. The van der Waals surface area contributed by atoms with Crippen LogP contribution in [-0.2, 0) is 10.3 Å². The van der Waals surface area contributed by atoms with E-state index in [1.54, 1.807) is 6.33 Å². The first-order valence-electron chi connectivity index (χ1n) is 9.30. The van der Waals surface area contributed by atoms with Gasteiger partial charge >= 0.3 is 0 Å². The number of anilines is 1. The predicted octanol–water partition coefficient (Wildman–Crippen LogP) is 3.52. The van der Waals surface area contributed by atoms with Gasteiger partial charge in [-0.2, -0.15) is 5.10 Å². The van der Waals surface area contributed by atoms with E-state index in [4.69, 9.17) is 0 Å². The lowest BCUT2D eigenvalue weighted by Crippen LogP contribution is -2.60. The van der Waals surface area contributed by atoms with Crippen LogP contribution in [0.15, 0.2) is 36.9 Å². The maximum absolute atomic E-state index is 13.3. The quantitative estimate of drug-likeness (QED) is 0.933. The van der Waals surface area contributed by atoms with Crippen molar-refractivity contribution in [2.75, 3.05) is 5.32 Å². The number of nitrogens with one attached hydrogen (secondary N) is 1. The van der Waals surface area contributed by atoms with E-state index in [0.717, 1.165) is 37.8 Å². The number of aryl methyl sites for hydroxylation is 1. The monoisotopic (exact) mass is 336 g/mol. The summed E-state index contributed by atoms with van der Waals surface area (Å²) >= 11 is 0. The number of carbonyl (C=O) groups is 1. The zero-order valence-electron chi connectivity index (χ0n) is 14.6. The fourth-order valence-electron chi connectivity index (χ4n) is 6.10. The van der Waals surface area contributed by atoms with E-state index in [-0.39, 0.29) is 16.9 Å². The lowest BCUT2D eigenvalue weighted by atomic mass is 9.46. The van der Waals surface area contributed by atoms with Crippen molar-refractivity contribution in [1.29, 1.82) is 0 Å². The number of hydrogen-bond donors (Lipinski definition) is 1. The molecule has 0 aliphatic heterocycles. The maximum atomic E-state index is 13.3. The van der Waals surface area contributed by atoms with Crippen LogP contribution in [0.5, 0.6) is 0 Å². The molecule has 2 unspecified atom stereocenters. The molecule has 0 saturated heterocycles. The number of hydrogen-bond acceptors (Lipinski definition) is 3. The molecule has 1 heterocycles. The predicted molar refractivity (Wildman–Crippen MR) is 94.9 cm³/mol. The summed E-state index contributed by atoms with van der Waals surface area (Å²) in [6.45, 7) is 2.06. The van der Waals surface area contributed by atoms with Gasteiger partial charge in [0.25, 0.3) is 0 Å². The summed E-state index contributed by atoms with van der Waals surface area (Å²) in [6, 6.07) is 8.10. The third-order valence-corrected chi connectivity index (χ3v) is 6.73. The average molecular weight is 336 g/mol. The molecule has 2 aromatic rings. The minimum Gasteiger partial charge on any atom is -0.326 e. The molecule has 5 nitrogen and oxygen atoms in total. The Labute approximate surface area is 147 Å². The number of aromatic nitrogens is 3. The summed E-state index contributed by atoms with van der Waals surface area (Å²) in [7, 11) is 0. The first-order valence-corrected chi connectivity index (χ1v) is 9.30. The van der Waals surface area contributed by atoms with E-state index in [1.807, 2.05) is 30.6 Å². The van der Waals surface area contributed by atoms with Crippen LogP contribution in [0.25, 0.3) is 0 Å². The van der Waals surface area contributed by atoms with Crippen molar-refractivity contribution < 1.29 is 4.79 Å². The van der Waals surface area contributed by atoms with Crippen molar-refractivity contribution in [3.63, 3.8) is 0 Å². The van der Waals surface area contributed by atoms with Crippen LogP contribution in [0.3, 0.4) is 0 Å². The Balaban J connectivity index is 1.46. The summed E-state index contributed by atoms with van der Waals surface area (Å²) in [5, 5.41) is 7.67. The Bertz CT molecular complexity index is 782. The van der Waals surface area contributed by atoms with Crippen molar-refractivity contribution in [2.45, 2.75) is 51.0 Å². The maximum Gasteiger partial charge on any atom is 0.230 e. The largest absolute Gasteiger partial charge is 0.326 e. The smallest absolute Gasteiger partial charge is 0.230 e. The number of amides is 1. The molecule has 130 valence electrons. The van der Waals surface area contributed by atoms with Crippen LogP contribution in [0.2, 0.25) is 0 Å². The second kappa shape index (κ2) is 5.16. The van der Waals surface area contributed by atoms with Crippen molar-refractivity contribution in [1.82, 2.24) is 14.8 Å². The van der Waals surface area contributed by atoms with Gasteiger partial charge in [0, 0.05) is 5.69 Å². The highest BCUT2D eigenvalue weighted by atomic mass is 16.2. The first-order chi connectivity index (χ1) is 12.1. The number of rotatable bonds is 3. The third kappa shape index (κ3) is 2.32. The molecule has 6 rings (SSSR count). The van der Waals surface area contributed by atoms with Gasteiger partial charge in [0.15, 0.2) is 0 Å². The molecule has 1 N–H and O–H groups in total. The number of nitrogens with zero attached hydrogens (tertiary/aromatic N) is 3. The number of benzene rings is 1. The molecule has 25 heavy (non-hydrogen) atoms. The fraction of sp³-hybridized carbons (Fsp3) is 0.550. The minimum absolute atomic E-state index is 0.00873. The SMILES string of the molecule is Cc1ccc(NC(=O)C23CC4CC(C2)CC(n2cncn2)(C4)C3)cc1. The van der Waals surface area contributed by atoms with E-state index in [2.05, 4.69) is 27.0 Å². The molecule has 0 spiro atoms. The Morgan fingerprint density at radius 2 is 1.88 bits per heavy atom. The topological polar surface area (TPSA) is 59.8 Å². The van der Waals surface area contributed by atoms with Crippen LogP contribution in [-0.4, -0.2) is 20.7 Å². The average Bonchev–Trinajstić information content (AvgIpc) is 3.11. The zero-order chi connectivity index (χ0) is 17.1. The van der Waals surface area contributed by atoms with Gasteiger partial charge in [-0.15, -0.1) is 0 Å². The van der Waals surface area contributed by atoms with Crippen molar-refractivity contribution in [2.24, 2.45) is 17.3 Å². The summed E-state index contributed by atoms with van der Waals surface area (Å²) in [4.78, 5) is 17.5. The van der Waals surface area contributed by atoms with Crippen LogP contribution in [0.4, 0.5) is 5.69 Å². The molecule has 4 aliphatic carbocycles. The first kappa shape index (κ1) is 15.1. The Kier molecular flexibility index (Phi) is 3.12. The van der Waals surface area contributed by atoms with Gasteiger partial charge in [-0.3, -0.25) is 4.79 Å². The van der Waals surface area contributed by atoms with Gasteiger partial charge in [-0.05, 0) is 69.4 Å². The summed E-state index contributed by atoms with van der Waals surface area (Å²) in [6.07, 6.45) is 9.98. The van der Waals surface area contributed by atoms with E-state index >= 15 is 0 Å². The molecule has 4 bridgehead atoms. The second-order valence-corrected chi connectivity index (χ2v) is 8.63. The standard InChI is InChI=1S/C20H24N4O/c1-14-2-4-17(5-3-14)23-18(25)19-7-15-6-16(8-19)10-20(9-15,11-19)24-13-21-12-22-24/h2-5,12-13,15-16H,6-11H2,1H3,(H,23,25). The van der Waals surface area contributed by atoms with Gasteiger partial charge < -0.3 is 5.32 Å². The normalized spacial score (nSPS) is 35.7. The highest BCUT2D eigenvalue weighted by molar-refractivity contribution is 5.95. The molecule has 5 heteroatoms. The molecule has 1 amide bonds. The van der Waals surface area contributed by atoms with E-state index in [9.17, 15) is 4.79 Å². The summed E-state index contributed by atoms with van der Waals surface area (Å²) in [5.41, 5.74) is 1.85. The van der Waals surface area contributed by atoms with Crippen LogP contribution in [0, 0.1) is 24.2 Å². The lowest BCUT2D eigenvalue weighted by Gasteiger charge is -2.60. The van der Waals surface area contributed by atoms with Gasteiger partial charge in [-0.1, -0.05) is 17.7 Å². The molecule has 0 radical (unpaired) electrons. The molecule has 4 aliphatic rings. The Morgan fingerprint density at radius 3 is 2.52 bits per heavy atom. The van der Waals surface area contributed by atoms with Crippen LogP contribution in [0.1, 0.15) is 44.1 Å². The summed E-state index contributed by atoms with van der Waals surface area (Å²) < 4.78 is 2.05. The molecule has 2 atom stereocenters. The molecular formula is C20H24N4O. The highest BCUT2D eigenvalue weighted by Crippen LogP contribution is 2.64. The molecule has 1 aromatic carbocycles. The molecule has 1 aromatic heterocycles. The van der Waals surface area contributed by atoms with E-state index in [0.29, 0.717) is 11.8 Å².